The number of aliphatic hydroxyl groups excluding tert-OH is 1. The summed E-state index contributed by atoms with van der Waals surface area (Å²) in [6.45, 7) is 0.346. The van der Waals surface area contributed by atoms with Gasteiger partial charge in [0.15, 0.2) is 0 Å². The number of likely N-dealkylation sites (N-methyl/N-ethyl adjacent to an activating group) is 1. The van der Waals surface area contributed by atoms with Gasteiger partial charge in [-0.1, -0.05) is 0 Å². The lowest BCUT2D eigenvalue weighted by molar-refractivity contribution is -0.0919. The molecule has 4 rings (SSSR count). The molecule has 0 aromatic heterocycles. The Kier molecular flexibility index (Phi) is 1.94. The molecule has 0 amide bonds. The summed E-state index contributed by atoms with van der Waals surface area (Å²) in [7, 11) is 2.04. The van der Waals surface area contributed by atoms with Crippen molar-refractivity contribution in [1.29, 1.82) is 0 Å². The molecule has 2 heteroatoms. The summed E-state index contributed by atoms with van der Waals surface area (Å²) in [6, 6.07) is 0. The highest BCUT2D eigenvalue weighted by atomic mass is 16.3. The van der Waals surface area contributed by atoms with Gasteiger partial charge in [-0.2, -0.15) is 0 Å². The van der Waals surface area contributed by atoms with E-state index in [0.717, 1.165) is 23.7 Å². The molecule has 0 radical (unpaired) electrons. The zero-order chi connectivity index (χ0) is 9.76. The van der Waals surface area contributed by atoms with Crippen molar-refractivity contribution in [2.24, 2.45) is 23.7 Å². The van der Waals surface area contributed by atoms with Crippen LogP contribution >= 0.6 is 0 Å². The molecule has 0 spiro atoms. The van der Waals surface area contributed by atoms with Crippen LogP contribution in [-0.4, -0.2) is 24.3 Å². The van der Waals surface area contributed by atoms with E-state index in [1.54, 1.807) is 0 Å². The lowest BCUT2D eigenvalue weighted by Crippen LogP contribution is -2.66. The van der Waals surface area contributed by atoms with E-state index >= 15 is 0 Å². The van der Waals surface area contributed by atoms with E-state index < -0.39 is 0 Å². The Balaban J connectivity index is 1.93. The van der Waals surface area contributed by atoms with Crippen molar-refractivity contribution in [2.75, 3.05) is 13.7 Å². The third kappa shape index (κ3) is 0.989. The number of hydrogen-bond acceptors (Lipinski definition) is 2. The van der Waals surface area contributed by atoms with Crippen molar-refractivity contribution in [2.45, 2.75) is 37.6 Å². The molecular weight excluding hydrogens is 174 g/mol. The molecule has 4 aliphatic rings. The Morgan fingerprint density at radius 1 is 1.07 bits per heavy atom. The van der Waals surface area contributed by atoms with Gasteiger partial charge in [0.1, 0.15) is 0 Å². The molecule has 4 saturated carbocycles. The maximum atomic E-state index is 9.69. The van der Waals surface area contributed by atoms with E-state index in [1.807, 2.05) is 7.05 Å². The van der Waals surface area contributed by atoms with Crippen LogP contribution in [0.25, 0.3) is 0 Å². The Hall–Kier alpha value is -0.0800. The Morgan fingerprint density at radius 2 is 1.57 bits per heavy atom. The van der Waals surface area contributed by atoms with Crippen LogP contribution in [0.4, 0.5) is 0 Å². The molecule has 0 aromatic rings. The summed E-state index contributed by atoms with van der Waals surface area (Å²) in [6.07, 6.45) is 6.96. The smallest absolute Gasteiger partial charge is 0.0618 e. The topological polar surface area (TPSA) is 32.3 Å². The van der Waals surface area contributed by atoms with E-state index in [1.165, 1.54) is 32.1 Å². The quantitative estimate of drug-likeness (QED) is 0.698. The Morgan fingerprint density at radius 3 is 1.93 bits per heavy atom. The normalized spacial score (nSPS) is 55.3. The van der Waals surface area contributed by atoms with Gasteiger partial charge in [-0.05, 0) is 62.8 Å². The Labute approximate surface area is 86.1 Å². The first-order valence-electron chi connectivity index (χ1n) is 6.08. The van der Waals surface area contributed by atoms with E-state index in [9.17, 15) is 5.11 Å². The third-order valence-corrected chi connectivity index (χ3v) is 5.32. The van der Waals surface area contributed by atoms with Gasteiger partial charge >= 0.3 is 0 Å². The highest BCUT2D eigenvalue weighted by molar-refractivity contribution is 5.10. The van der Waals surface area contributed by atoms with Crippen LogP contribution < -0.4 is 5.32 Å². The molecule has 0 unspecified atom stereocenters. The minimum absolute atomic E-state index is 0.0907. The van der Waals surface area contributed by atoms with E-state index in [0.29, 0.717) is 6.61 Å². The minimum atomic E-state index is 0.0907. The molecule has 2 N–H and O–H groups in total. The van der Waals surface area contributed by atoms with Crippen molar-refractivity contribution >= 4 is 0 Å². The second kappa shape index (κ2) is 2.96. The molecule has 2 nitrogen and oxygen atoms in total. The second-order valence-corrected chi connectivity index (χ2v) is 5.75. The van der Waals surface area contributed by atoms with Gasteiger partial charge in [-0.25, -0.2) is 0 Å². The number of rotatable bonds is 2. The van der Waals surface area contributed by atoms with E-state index in [-0.39, 0.29) is 5.54 Å². The highest BCUT2D eigenvalue weighted by Crippen LogP contribution is 2.57. The molecule has 0 heterocycles. The van der Waals surface area contributed by atoms with E-state index in [2.05, 4.69) is 5.32 Å². The zero-order valence-corrected chi connectivity index (χ0v) is 9.00. The predicted octanol–water partition coefficient (Wildman–Crippen LogP) is 1.39. The van der Waals surface area contributed by atoms with Crippen LogP contribution in [0.3, 0.4) is 0 Å². The third-order valence-electron chi connectivity index (χ3n) is 5.32. The molecule has 80 valence electrons. The fraction of sp³-hybridized carbons (Fsp3) is 1.00. The van der Waals surface area contributed by atoms with Crippen LogP contribution in [-0.2, 0) is 0 Å². The molecule has 14 heavy (non-hydrogen) atoms. The summed E-state index contributed by atoms with van der Waals surface area (Å²) in [4.78, 5) is 0. The lowest BCUT2D eigenvalue weighted by atomic mass is 9.49. The van der Waals surface area contributed by atoms with Gasteiger partial charge in [-0.15, -0.1) is 0 Å². The average Bonchev–Trinajstić information content (AvgIpc) is 2.18. The summed E-state index contributed by atoms with van der Waals surface area (Å²) in [5.41, 5.74) is 0.0907. The Bertz CT molecular complexity index is 204. The maximum absolute atomic E-state index is 9.69. The van der Waals surface area contributed by atoms with Crippen LogP contribution in [0.1, 0.15) is 32.1 Å². The largest absolute Gasteiger partial charge is 0.394 e. The lowest BCUT2D eigenvalue weighted by Gasteiger charge is -2.60. The SMILES string of the molecule is CNC1(CO)C2CC3CC(C2)CC1C3. The van der Waals surface area contributed by atoms with Gasteiger partial charge < -0.3 is 10.4 Å². The number of nitrogens with one attached hydrogen (secondary N) is 1. The zero-order valence-electron chi connectivity index (χ0n) is 9.00. The van der Waals surface area contributed by atoms with Gasteiger partial charge in [0.05, 0.1) is 6.61 Å². The van der Waals surface area contributed by atoms with Gasteiger partial charge in [0.25, 0.3) is 0 Å². The minimum Gasteiger partial charge on any atom is -0.394 e. The highest BCUT2D eigenvalue weighted by Gasteiger charge is 2.56. The molecule has 4 aliphatic carbocycles. The fourth-order valence-electron chi connectivity index (χ4n) is 4.77. The molecule has 0 aromatic carbocycles. The first-order valence-corrected chi connectivity index (χ1v) is 6.08. The first kappa shape index (κ1) is 9.17. The molecule has 4 fully saturated rings. The maximum Gasteiger partial charge on any atom is 0.0618 e. The molecule has 4 bridgehead atoms. The summed E-state index contributed by atoms with van der Waals surface area (Å²) < 4.78 is 0. The predicted molar refractivity (Wildman–Crippen MR) is 55.9 cm³/mol. The van der Waals surface area contributed by atoms with Crippen molar-refractivity contribution in [3.63, 3.8) is 0 Å². The van der Waals surface area contributed by atoms with Crippen molar-refractivity contribution in [1.82, 2.24) is 5.32 Å². The summed E-state index contributed by atoms with van der Waals surface area (Å²) >= 11 is 0. The number of hydrogen-bond donors (Lipinski definition) is 2. The van der Waals surface area contributed by atoms with Crippen molar-refractivity contribution < 1.29 is 5.11 Å². The fourth-order valence-corrected chi connectivity index (χ4v) is 4.77. The van der Waals surface area contributed by atoms with Gasteiger partial charge in [0.2, 0.25) is 0 Å². The standard InChI is InChI=1S/C12H21NO/c1-13-12(7-14)10-3-8-2-9(5-10)6-11(12)4-8/h8-11,13-14H,2-7H2,1H3. The molecule has 0 saturated heterocycles. The summed E-state index contributed by atoms with van der Waals surface area (Å²) in [5, 5.41) is 13.1. The first-order chi connectivity index (χ1) is 6.78. The average molecular weight is 195 g/mol. The monoisotopic (exact) mass is 195 g/mol. The van der Waals surface area contributed by atoms with Crippen LogP contribution in [0.2, 0.25) is 0 Å². The van der Waals surface area contributed by atoms with E-state index in [4.69, 9.17) is 0 Å². The van der Waals surface area contributed by atoms with Crippen molar-refractivity contribution in [3.05, 3.63) is 0 Å². The van der Waals surface area contributed by atoms with Crippen LogP contribution in [0.15, 0.2) is 0 Å². The van der Waals surface area contributed by atoms with Crippen molar-refractivity contribution in [3.8, 4) is 0 Å². The molecule has 0 atom stereocenters. The van der Waals surface area contributed by atoms with Gasteiger partial charge in [-0.3, -0.25) is 0 Å². The van der Waals surface area contributed by atoms with Gasteiger partial charge in [0, 0.05) is 5.54 Å². The molecule has 0 aliphatic heterocycles. The van der Waals surface area contributed by atoms with Crippen LogP contribution in [0, 0.1) is 23.7 Å². The van der Waals surface area contributed by atoms with Crippen LogP contribution in [0.5, 0.6) is 0 Å². The number of aliphatic hydroxyl groups is 1. The summed E-state index contributed by atoms with van der Waals surface area (Å²) in [5.74, 6) is 3.50. The second-order valence-electron chi connectivity index (χ2n) is 5.75. The molecular formula is C12H21NO.